The van der Waals surface area contributed by atoms with E-state index in [4.69, 9.17) is 26.2 Å². The Kier molecular flexibility index (Phi) is 7.55. The van der Waals surface area contributed by atoms with E-state index < -0.39 is 12.3 Å². The second-order valence-corrected chi connectivity index (χ2v) is 7.57. The number of carboxylic acid groups (broad SMARTS) is 1. The molecule has 0 aromatic heterocycles. The third-order valence-corrected chi connectivity index (χ3v) is 5.06. The van der Waals surface area contributed by atoms with Crippen LogP contribution in [0.4, 0.5) is 5.69 Å². The van der Waals surface area contributed by atoms with Crippen LogP contribution in [0, 0.1) is 0 Å². The van der Waals surface area contributed by atoms with Crippen molar-refractivity contribution in [3.63, 3.8) is 0 Å². The third kappa shape index (κ3) is 5.57. The van der Waals surface area contributed by atoms with Crippen LogP contribution in [0.3, 0.4) is 0 Å². The van der Waals surface area contributed by atoms with Gasteiger partial charge in [-0.3, -0.25) is 4.79 Å². The molecule has 0 bridgehead atoms. The van der Waals surface area contributed by atoms with Gasteiger partial charge in [0.05, 0.1) is 17.7 Å². The van der Waals surface area contributed by atoms with Gasteiger partial charge < -0.3 is 25.0 Å². The van der Waals surface area contributed by atoms with Crippen LogP contribution >= 0.6 is 11.6 Å². The number of hydrogen-bond acceptors (Lipinski definition) is 6. The molecule has 3 rings (SSSR count). The van der Waals surface area contributed by atoms with Gasteiger partial charge in [-0.25, -0.2) is 4.79 Å². The van der Waals surface area contributed by atoms with Crippen molar-refractivity contribution >= 4 is 29.0 Å². The highest BCUT2D eigenvalue weighted by molar-refractivity contribution is 6.31. The molecule has 164 valence electrons. The molecule has 1 aliphatic heterocycles. The average Bonchev–Trinajstić information content (AvgIpc) is 2.73. The van der Waals surface area contributed by atoms with Crippen LogP contribution in [0.25, 0.3) is 0 Å². The molecule has 3 N–H and O–H groups in total. The van der Waals surface area contributed by atoms with Crippen molar-refractivity contribution in [1.82, 2.24) is 0 Å². The van der Waals surface area contributed by atoms with Crippen LogP contribution in [0.1, 0.15) is 53.3 Å². The molecule has 1 atom stereocenters. The summed E-state index contributed by atoms with van der Waals surface area (Å²) in [6, 6.07) is 8.84. The van der Waals surface area contributed by atoms with Crippen molar-refractivity contribution in [2.24, 2.45) is 0 Å². The van der Waals surface area contributed by atoms with E-state index >= 15 is 0 Å². The molecule has 0 radical (unpaired) electrons. The first kappa shape index (κ1) is 22.7. The molecule has 7 nitrogen and oxygen atoms in total. The van der Waals surface area contributed by atoms with Gasteiger partial charge in [0.25, 0.3) is 0 Å². The summed E-state index contributed by atoms with van der Waals surface area (Å²) in [6.07, 6.45) is 4.63. The zero-order chi connectivity index (χ0) is 22.4. The number of halogens is 1. The Morgan fingerprint density at radius 3 is 2.74 bits per heavy atom. The van der Waals surface area contributed by atoms with Gasteiger partial charge >= 0.3 is 5.97 Å². The molecule has 1 aliphatic rings. The van der Waals surface area contributed by atoms with Crippen LogP contribution < -0.4 is 10.1 Å². The lowest BCUT2D eigenvalue weighted by Crippen LogP contribution is -2.33. The number of carboxylic acids is 1. The Hall–Kier alpha value is -3.03. The van der Waals surface area contributed by atoms with E-state index in [0.29, 0.717) is 28.6 Å². The van der Waals surface area contributed by atoms with Crippen molar-refractivity contribution in [2.75, 3.05) is 11.9 Å². The summed E-state index contributed by atoms with van der Waals surface area (Å²) in [6.45, 7) is 2.56. The molecule has 2 aromatic rings. The maximum atomic E-state index is 13.1. The Morgan fingerprint density at radius 1 is 1.23 bits per heavy atom. The topological polar surface area (TPSA) is 105 Å². The molecule has 0 saturated carbocycles. The zero-order valence-electron chi connectivity index (χ0n) is 17.1. The Labute approximate surface area is 185 Å². The minimum Gasteiger partial charge on any atom is -0.507 e. The lowest BCUT2D eigenvalue weighted by molar-refractivity contribution is -0.0573. The number of fused-ring (bicyclic) bond motifs is 1. The number of carbonyl (C=O) groups is 2. The van der Waals surface area contributed by atoms with Crippen LogP contribution in [-0.4, -0.2) is 34.9 Å². The number of benzene rings is 2. The summed E-state index contributed by atoms with van der Waals surface area (Å²) in [7, 11) is 0. The van der Waals surface area contributed by atoms with E-state index in [1.807, 2.05) is 0 Å². The van der Waals surface area contributed by atoms with Crippen molar-refractivity contribution in [1.29, 1.82) is 0 Å². The quantitative estimate of drug-likeness (QED) is 0.358. The minimum absolute atomic E-state index is 0.216. The molecule has 0 spiro atoms. The Morgan fingerprint density at radius 2 is 2.03 bits per heavy atom. The number of phenols is 1. The second kappa shape index (κ2) is 10.3. The predicted octanol–water partition coefficient (Wildman–Crippen LogP) is 5.24. The summed E-state index contributed by atoms with van der Waals surface area (Å²) < 4.78 is 11.8. The van der Waals surface area contributed by atoms with Gasteiger partial charge in [0.1, 0.15) is 17.1 Å². The molecular formula is C23H24ClNO6. The van der Waals surface area contributed by atoms with Gasteiger partial charge in [-0.05, 0) is 36.8 Å². The van der Waals surface area contributed by atoms with Crippen LogP contribution in [-0.2, 0) is 4.74 Å². The van der Waals surface area contributed by atoms with Crippen molar-refractivity contribution in [3.8, 4) is 11.5 Å². The molecule has 1 unspecified atom stereocenters. The fraction of sp³-hybridized carbons (Fsp3) is 0.304. The molecule has 31 heavy (non-hydrogen) atoms. The van der Waals surface area contributed by atoms with E-state index in [0.717, 1.165) is 25.7 Å². The van der Waals surface area contributed by atoms with E-state index in [1.54, 1.807) is 12.1 Å². The molecule has 8 heteroatoms. The van der Waals surface area contributed by atoms with E-state index in [-0.39, 0.29) is 22.7 Å². The highest BCUT2D eigenvalue weighted by atomic mass is 35.5. The zero-order valence-corrected chi connectivity index (χ0v) is 17.8. The maximum absolute atomic E-state index is 13.1. The Bertz CT molecular complexity index is 1000. The van der Waals surface area contributed by atoms with Gasteiger partial charge in [0.15, 0.2) is 0 Å². The molecule has 2 aromatic carbocycles. The minimum atomic E-state index is -1.23. The molecular weight excluding hydrogens is 422 g/mol. The summed E-state index contributed by atoms with van der Waals surface area (Å²) in [4.78, 5) is 24.1. The van der Waals surface area contributed by atoms with Gasteiger partial charge in [0, 0.05) is 23.0 Å². The number of aromatic carboxylic acids is 1. The van der Waals surface area contributed by atoms with Gasteiger partial charge in [-0.1, -0.05) is 37.8 Å². The summed E-state index contributed by atoms with van der Waals surface area (Å²) in [5.74, 6) is -1.51. The number of rotatable bonds is 9. The van der Waals surface area contributed by atoms with Gasteiger partial charge in [0.2, 0.25) is 12.1 Å². The summed E-state index contributed by atoms with van der Waals surface area (Å²) in [5.41, 5.74) is 0.760. The fourth-order valence-corrected chi connectivity index (χ4v) is 3.34. The van der Waals surface area contributed by atoms with Crippen LogP contribution in [0.2, 0.25) is 5.02 Å². The lowest BCUT2D eigenvalue weighted by Gasteiger charge is -2.27. The average molecular weight is 446 g/mol. The first-order valence-corrected chi connectivity index (χ1v) is 10.4. The standard InChI is InChI=1S/C23H24ClNO6/c1-2-3-4-5-10-30-23-18(21(27)17-11-14(24)6-9-20(17)31-23)13-25-15-7-8-16(22(28)29)19(26)12-15/h6-9,11-13,23,25-26H,2-5,10H2,1H3,(H,28,29)/b18-13-. The molecule has 0 aliphatic carbocycles. The lowest BCUT2D eigenvalue weighted by atomic mass is 10.00. The van der Waals surface area contributed by atoms with E-state index in [9.17, 15) is 14.7 Å². The summed E-state index contributed by atoms with van der Waals surface area (Å²) in [5, 5.41) is 22.2. The number of aromatic hydroxyl groups is 1. The predicted molar refractivity (Wildman–Crippen MR) is 117 cm³/mol. The smallest absolute Gasteiger partial charge is 0.339 e. The highest BCUT2D eigenvalue weighted by Crippen LogP contribution is 2.33. The molecule has 0 saturated heterocycles. The van der Waals surface area contributed by atoms with Gasteiger partial charge in [-0.15, -0.1) is 0 Å². The van der Waals surface area contributed by atoms with Crippen LogP contribution in [0.15, 0.2) is 48.2 Å². The maximum Gasteiger partial charge on any atom is 0.339 e. The van der Waals surface area contributed by atoms with E-state index in [2.05, 4.69) is 12.2 Å². The Balaban J connectivity index is 1.83. The SMILES string of the molecule is CCCCCCOC1Oc2ccc(Cl)cc2C(=O)/C1=C/Nc1ccc(C(=O)O)c(O)c1. The number of unbranched alkanes of at least 4 members (excludes halogenated alkanes) is 3. The number of anilines is 1. The van der Waals surface area contributed by atoms with E-state index in [1.165, 1.54) is 30.5 Å². The largest absolute Gasteiger partial charge is 0.507 e. The highest BCUT2D eigenvalue weighted by Gasteiger charge is 2.33. The number of nitrogens with one attached hydrogen (secondary N) is 1. The normalized spacial score (nSPS) is 16.6. The molecule has 1 heterocycles. The van der Waals surface area contributed by atoms with Crippen molar-refractivity contribution in [3.05, 3.63) is 64.3 Å². The fourth-order valence-electron chi connectivity index (χ4n) is 3.16. The second-order valence-electron chi connectivity index (χ2n) is 7.13. The number of hydrogen-bond donors (Lipinski definition) is 3. The van der Waals surface area contributed by atoms with Crippen LogP contribution in [0.5, 0.6) is 11.5 Å². The molecule has 0 fully saturated rings. The number of Topliss-reactive ketones (excluding diaryl/α,β-unsaturated/α-hetero) is 1. The third-order valence-electron chi connectivity index (χ3n) is 4.83. The van der Waals surface area contributed by atoms with Gasteiger partial charge in [-0.2, -0.15) is 0 Å². The summed E-state index contributed by atoms with van der Waals surface area (Å²) >= 11 is 6.04. The first-order valence-electron chi connectivity index (χ1n) is 10.1. The number of ketones is 1. The molecule has 0 amide bonds. The number of ether oxygens (including phenoxy) is 2. The van der Waals surface area contributed by atoms with Crippen molar-refractivity contribution in [2.45, 2.75) is 38.9 Å². The number of carbonyl (C=O) groups excluding carboxylic acids is 1. The monoisotopic (exact) mass is 445 g/mol. The van der Waals surface area contributed by atoms with Crippen molar-refractivity contribution < 1.29 is 29.3 Å². The first-order chi connectivity index (χ1) is 14.9.